The van der Waals surface area contributed by atoms with Crippen LogP contribution in [0.15, 0.2) is 28.7 Å². The van der Waals surface area contributed by atoms with Gasteiger partial charge in [-0.1, -0.05) is 0 Å². The Labute approximate surface area is 153 Å². The highest BCUT2D eigenvalue weighted by Crippen LogP contribution is 2.33. The van der Waals surface area contributed by atoms with Crippen LogP contribution in [0.5, 0.6) is 0 Å². The van der Waals surface area contributed by atoms with Gasteiger partial charge in [-0.15, -0.1) is 11.3 Å². The largest absolute Gasteiger partial charge is 0.353 e. The summed E-state index contributed by atoms with van der Waals surface area (Å²) in [5.41, 5.74) is 1.78. The molecule has 2 amide bonds. The van der Waals surface area contributed by atoms with E-state index < -0.39 is 0 Å². The van der Waals surface area contributed by atoms with E-state index in [9.17, 15) is 9.59 Å². The monoisotopic (exact) mass is 372 g/mol. The average molecular weight is 372 g/mol. The van der Waals surface area contributed by atoms with Crippen LogP contribution in [-0.2, 0) is 4.79 Å². The van der Waals surface area contributed by atoms with Crippen LogP contribution in [0, 0.1) is 0 Å². The van der Waals surface area contributed by atoms with Crippen LogP contribution in [0.1, 0.15) is 24.6 Å². The van der Waals surface area contributed by atoms with Gasteiger partial charge in [0.05, 0.1) is 23.0 Å². The lowest BCUT2D eigenvalue weighted by molar-refractivity contribution is -0.115. The van der Waals surface area contributed by atoms with Crippen molar-refractivity contribution >= 4 is 46.1 Å². The second kappa shape index (κ2) is 6.61. The lowest BCUT2D eigenvalue weighted by Crippen LogP contribution is -2.26. The number of carbonyl (C=O) groups excluding carboxylic acids is 2. The molecular formula is C17H16N4O2S2. The molecule has 128 valence electrons. The second-order valence-corrected chi connectivity index (χ2v) is 7.83. The number of thiophene rings is 1. The number of anilines is 1. The summed E-state index contributed by atoms with van der Waals surface area (Å²) in [5.74, 6) is 0.569. The van der Waals surface area contributed by atoms with Crippen LogP contribution in [0.4, 0.5) is 10.6 Å². The van der Waals surface area contributed by atoms with Gasteiger partial charge in [0.2, 0.25) is 0 Å². The van der Waals surface area contributed by atoms with Gasteiger partial charge in [0.25, 0.3) is 11.1 Å². The molecule has 2 aromatic heterocycles. The van der Waals surface area contributed by atoms with Crippen molar-refractivity contribution in [1.82, 2.24) is 15.3 Å². The summed E-state index contributed by atoms with van der Waals surface area (Å²) in [6.45, 7) is 3.05. The fourth-order valence-corrected chi connectivity index (χ4v) is 4.32. The number of nitrogens with one attached hydrogen (secondary N) is 1. The molecule has 4 rings (SSSR count). The quantitative estimate of drug-likeness (QED) is 0.810. The fraction of sp³-hybridized carbons (Fsp3) is 0.294. The highest BCUT2D eigenvalue weighted by Gasteiger charge is 2.29. The number of carbonyl (C=O) groups is 2. The summed E-state index contributed by atoms with van der Waals surface area (Å²) in [6.07, 6.45) is 7.73. The van der Waals surface area contributed by atoms with Gasteiger partial charge in [-0.3, -0.25) is 19.9 Å². The first-order chi connectivity index (χ1) is 12.1. The molecule has 2 aromatic rings. The third kappa shape index (κ3) is 3.45. The summed E-state index contributed by atoms with van der Waals surface area (Å²) in [5, 5.41) is 3.93. The summed E-state index contributed by atoms with van der Waals surface area (Å²) in [4.78, 5) is 35.6. The Morgan fingerprint density at radius 2 is 2.20 bits per heavy atom. The third-order valence-corrected chi connectivity index (χ3v) is 5.77. The van der Waals surface area contributed by atoms with E-state index in [1.54, 1.807) is 12.3 Å². The first kappa shape index (κ1) is 16.3. The van der Waals surface area contributed by atoms with Gasteiger partial charge in [-0.05, 0) is 43.7 Å². The van der Waals surface area contributed by atoms with E-state index in [1.807, 2.05) is 17.6 Å². The van der Waals surface area contributed by atoms with E-state index in [1.165, 1.54) is 24.2 Å². The van der Waals surface area contributed by atoms with Gasteiger partial charge in [0.1, 0.15) is 5.82 Å². The van der Waals surface area contributed by atoms with E-state index in [0.717, 1.165) is 40.3 Å². The molecule has 1 N–H and O–H groups in total. The van der Waals surface area contributed by atoms with Crippen molar-refractivity contribution in [3.8, 4) is 11.3 Å². The maximum Gasteiger partial charge on any atom is 0.290 e. The van der Waals surface area contributed by atoms with E-state index >= 15 is 0 Å². The number of rotatable bonds is 5. The second-order valence-electron chi connectivity index (χ2n) is 5.87. The van der Waals surface area contributed by atoms with Crippen LogP contribution >= 0.6 is 23.1 Å². The zero-order valence-corrected chi connectivity index (χ0v) is 15.2. The Morgan fingerprint density at radius 1 is 1.36 bits per heavy atom. The van der Waals surface area contributed by atoms with Crippen molar-refractivity contribution in [2.24, 2.45) is 0 Å². The smallest absolute Gasteiger partial charge is 0.290 e. The SMILES string of the molecule is CCN(c1cncc(-c2csc(/C=C3\SC(=O)NC3=O)c2)n1)C1CC1. The number of hydrogen-bond donors (Lipinski definition) is 1. The molecule has 1 aliphatic carbocycles. The number of imide groups is 1. The molecule has 8 heteroatoms. The number of amides is 2. The lowest BCUT2D eigenvalue weighted by Gasteiger charge is -2.21. The average Bonchev–Trinajstić information content (AvgIpc) is 3.23. The van der Waals surface area contributed by atoms with Crippen LogP contribution in [0.25, 0.3) is 17.3 Å². The van der Waals surface area contributed by atoms with E-state index in [2.05, 4.69) is 22.1 Å². The molecule has 6 nitrogen and oxygen atoms in total. The van der Waals surface area contributed by atoms with Crippen LogP contribution < -0.4 is 10.2 Å². The minimum atomic E-state index is -0.338. The van der Waals surface area contributed by atoms with Crippen molar-refractivity contribution in [2.45, 2.75) is 25.8 Å². The number of nitrogens with zero attached hydrogens (tertiary/aromatic N) is 3. The molecule has 0 radical (unpaired) electrons. The minimum Gasteiger partial charge on any atom is -0.353 e. The van der Waals surface area contributed by atoms with E-state index in [4.69, 9.17) is 4.98 Å². The lowest BCUT2D eigenvalue weighted by atomic mass is 10.2. The Morgan fingerprint density at radius 3 is 2.88 bits per heavy atom. The molecule has 2 fully saturated rings. The molecule has 0 aromatic carbocycles. The zero-order chi connectivity index (χ0) is 17.4. The fourth-order valence-electron chi connectivity index (χ4n) is 2.74. The minimum absolute atomic E-state index is 0.327. The van der Waals surface area contributed by atoms with Gasteiger partial charge in [0.15, 0.2) is 0 Å². The van der Waals surface area contributed by atoms with Crippen molar-refractivity contribution in [2.75, 3.05) is 11.4 Å². The molecular weight excluding hydrogens is 356 g/mol. The van der Waals surface area contributed by atoms with Crippen molar-refractivity contribution in [3.63, 3.8) is 0 Å². The van der Waals surface area contributed by atoms with Gasteiger partial charge in [-0.2, -0.15) is 0 Å². The van der Waals surface area contributed by atoms with Crippen molar-refractivity contribution < 1.29 is 9.59 Å². The summed E-state index contributed by atoms with van der Waals surface area (Å²) in [6, 6.07) is 2.56. The molecule has 2 aliphatic rings. The standard InChI is InChI=1S/C17H16N4O2S2/c1-2-21(11-3-4-11)15-8-18-7-13(19-15)10-5-12(24-9-10)6-14-16(22)20-17(23)25-14/h5-9,11H,2-4H2,1H3,(H,20,22,23)/b14-6-. The number of hydrogen-bond acceptors (Lipinski definition) is 7. The molecule has 0 spiro atoms. The molecule has 0 atom stereocenters. The highest BCUT2D eigenvalue weighted by molar-refractivity contribution is 8.18. The molecule has 1 aliphatic heterocycles. The molecule has 0 bridgehead atoms. The zero-order valence-electron chi connectivity index (χ0n) is 13.6. The maximum atomic E-state index is 11.6. The molecule has 25 heavy (non-hydrogen) atoms. The first-order valence-corrected chi connectivity index (χ1v) is 9.76. The predicted octanol–water partition coefficient (Wildman–Crippen LogP) is 3.52. The highest BCUT2D eigenvalue weighted by atomic mass is 32.2. The van der Waals surface area contributed by atoms with Crippen LogP contribution in [0.2, 0.25) is 0 Å². The summed E-state index contributed by atoms with van der Waals surface area (Å²) < 4.78 is 0. The number of aromatic nitrogens is 2. The van der Waals surface area contributed by atoms with E-state index in [0.29, 0.717) is 10.9 Å². The van der Waals surface area contributed by atoms with Crippen molar-refractivity contribution in [3.05, 3.63) is 33.6 Å². The van der Waals surface area contributed by atoms with Gasteiger partial charge >= 0.3 is 0 Å². The predicted molar refractivity (Wildman–Crippen MR) is 100 cm³/mol. The third-order valence-electron chi connectivity index (χ3n) is 4.08. The van der Waals surface area contributed by atoms with Crippen LogP contribution in [-0.4, -0.2) is 33.7 Å². The van der Waals surface area contributed by atoms with E-state index in [-0.39, 0.29) is 11.1 Å². The Bertz CT molecular complexity index is 873. The molecule has 3 heterocycles. The molecule has 1 saturated carbocycles. The Hall–Kier alpha value is -2.19. The normalized spacial score (nSPS) is 18.7. The molecule has 1 saturated heterocycles. The Kier molecular flexibility index (Phi) is 4.30. The van der Waals surface area contributed by atoms with Gasteiger partial charge in [0, 0.05) is 28.4 Å². The number of thioether (sulfide) groups is 1. The van der Waals surface area contributed by atoms with Gasteiger partial charge in [-0.25, -0.2) is 4.98 Å². The van der Waals surface area contributed by atoms with Crippen LogP contribution in [0.3, 0.4) is 0 Å². The first-order valence-electron chi connectivity index (χ1n) is 8.06. The summed E-state index contributed by atoms with van der Waals surface area (Å²) in [7, 11) is 0. The maximum absolute atomic E-state index is 11.6. The van der Waals surface area contributed by atoms with Crippen molar-refractivity contribution in [1.29, 1.82) is 0 Å². The Balaban J connectivity index is 1.59. The summed E-state index contributed by atoms with van der Waals surface area (Å²) >= 11 is 2.44. The topological polar surface area (TPSA) is 75.2 Å². The molecule has 0 unspecified atom stereocenters. The van der Waals surface area contributed by atoms with Gasteiger partial charge < -0.3 is 4.90 Å².